The molecule has 0 heterocycles. The number of rotatable bonds is 4. The van der Waals surface area contributed by atoms with Gasteiger partial charge in [-0.05, 0) is 51.8 Å². The Morgan fingerprint density at radius 3 is 2.47 bits per heavy atom. The Balaban J connectivity index is 2.05. The molecule has 0 N–H and O–H groups in total. The van der Waals surface area contributed by atoms with Crippen molar-refractivity contribution in [1.29, 1.82) is 0 Å². The van der Waals surface area contributed by atoms with Crippen LogP contribution in [0.5, 0.6) is 11.5 Å². The molecule has 19 heavy (non-hydrogen) atoms. The van der Waals surface area contributed by atoms with Crippen molar-refractivity contribution in [2.45, 2.75) is 6.61 Å². The molecule has 0 radical (unpaired) electrons. The van der Waals surface area contributed by atoms with Crippen LogP contribution in [0.1, 0.15) is 5.56 Å². The first-order valence-corrected chi connectivity index (χ1v) is 6.29. The number of methoxy groups -OCH3 is 1. The van der Waals surface area contributed by atoms with E-state index in [1.807, 2.05) is 0 Å². The molecule has 2 rings (SSSR count). The first kappa shape index (κ1) is 13.8. The average molecular weight is 329 g/mol. The van der Waals surface area contributed by atoms with E-state index in [1.54, 1.807) is 6.07 Å². The minimum absolute atomic E-state index is 0.188. The molecule has 0 unspecified atom stereocenters. The average Bonchev–Trinajstić information content (AvgIpc) is 2.40. The maximum Gasteiger partial charge on any atom is 0.165 e. The SMILES string of the molecule is COc1ccc(COc2ccc(F)c(Br)c2)cc1F. The molecule has 0 saturated heterocycles. The van der Waals surface area contributed by atoms with Crippen molar-refractivity contribution in [2.24, 2.45) is 0 Å². The van der Waals surface area contributed by atoms with Crippen molar-refractivity contribution in [3.05, 3.63) is 58.1 Å². The fourth-order valence-corrected chi connectivity index (χ4v) is 1.89. The van der Waals surface area contributed by atoms with E-state index in [0.717, 1.165) is 0 Å². The highest BCUT2D eigenvalue weighted by molar-refractivity contribution is 9.10. The second-order valence-corrected chi connectivity index (χ2v) is 4.69. The normalized spacial score (nSPS) is 10.3. The molecule has 0 aliphatic heterocycles. The molecule has 0 amide bonds. The van der Waals surface area contributed by atoms with E-state index >= 15 is 0 Å². The van der Waals surface area contributed by atoms with E-state index in [-0.39, 0.29) is 18.2 Å². The van der Waals surface area contributed by atoms with Gasteiger partial charge in [-0.2, -0.15) is 0 Å². The molecule has 2 aromatic carbocycles. The standard InChI is InChI=1S/C14H11BrF2O2/c1-18-14-5-2-9(6-13(14)17)8-19-10-3-4-12(16)11(15)7-10/h2-7H,8H2,1H3. The van der Waals surface area contributed by atoms with Gasteiger partial charge in [0.2, 0.25) is 0 Å². The van der Waals surface area contributed by atoms with E-state index in [9.17, 15) is 8.78 Å². The molecule has 0 aliphatic carbocycles. The predicted molar refractivity (Wildman–Crippen MR) is 71.4 cm³/mol. The smallest absolute Gasteiger partial charge is 0.165 e. The van der Waals surface area contributed by atoms with Crippen molar-refractivity contribution in [2.75, 3.05) is 7.11 Å². The molecule has 0 aromatic heterocycles. The van der Waals surface area contributed by atoms with Gasteiger partial charge in [-0.1, -0.05) is 6.07 Å². The third-order valence-corrected chi connectivity index (χ3v) is 3.12. The Kier molecular flexibility index (Phi) is 4.37. The lowest BCUT2D eigenvalue weighted by Gasteiger charge is -2.08. The summed E-state index contributed by atoms with van der Waals surface area (Å²) in [6, 6.07) is 8.93. The van der Waals surface area contributed by atoms with Crippen LogP contribution in [0.4, 0.5) is 8.78 Å². The molecular formula is C14H11BrF2O2. The predicted octanol–water partition coefficient (Wildman–Crippen LogP) is 4.31. The highest BCUT2D eigenvalue weighted by Gasteiger charge is 2.05. The largest absolute Gasteiger partial charge is 0.494 e. The van der Waals surface area contributed by atoms with E-state index in [0.29, 0.717) is 15.8 Å². The summed E-state index contributed by atoms with van der Waals surface area (Å²) in [5.74, 6) is -0.107. The van der Waals surface area contributed by atoms with Crippen LogP contribution in [0.3, 0.4) is 0 Å². The number of benzene rings is 2. The Labute approximate surface area is 118 Å². The molecular weight excluding hydrogens is 318 g/mol. The summed E-state index contributed by atoms with van der Waals surface area (Å²) in [5, 5.41) is 0. The number of hydrogen-bond acceptors (Lipinski definition) is 2. The zero-order chi connectivity index (χ0) is 13.8. The summed E-state index contributed by atoms with van der Waals surface area (Å²) in [6.45, 7) is 0.193. The molecule has 5 heteroatoms. The highest BCUT2D eigenvalue weighted by atomic mass is 79.9. The van der Waals surface area contributed by atoms with Crippen molar-refractivity contribution in [3.63, 3.8) is 0 Å². The van der Waals surface area contributed by atoms with Gasteiger partial charge in [0.25, 0.3) is 0 Å². The highest BCUT2D eigenvalue weighted by Crippen LogP contribution is 2.23. The van der Waals surface area contributed by atoms with Crippen LogP contribution in [0, 0.1) is 11.6 Å². The molecule has 0 saturated carbocycles. The first-order chi connectivity index (χ1) is 9.10. The number of ether oxygens (including phenoxy) is 2. The summed E-state index contributed by atoms with van der Waals surface area (Å²) < 4.78 is 37.1. The van der Waals surface area contributed by atoms with Crippen molar-refractivity contribution in [1.82, 2.24) is 0 Å². The Hall–Kier alpha value is -1.62. The molecule has 100 valence electrons. The summed E-state index contributed by atoms with van der Waals surface area (Å²) >= 11 is 3.07. The molecule has 0 bridgehead atoms. The molecule has 0 atom stereocenters. The van der Waals surface area contributed by atoms with Crippen molar-refractivity contribution < 1.29 is 18.3 Å². The summed E-state index contributed by atoms with van der Waals surface area (Å²) in [6.07, 6.45) is 0. The monoisotopic (exact) mass is 328 g/mol. The van der Waals surface area contributed by atoms with Gasteiger partial charge in [0.1, 0.15) is 18.2 Å². The summed E-state index contributed by atoms with van der Waals surface area (Å²) in [7, 11) is 1.41. The van der Waals surface area contributed by atoms with E-state index in [1.165, 1.54) is 37.4 Å². The maximum atomic E-state index is 13.5. The molecule has 0 spiro atoms. The molecule has 0 aliphatic rings. The third kappa shape index (κ3) is 3.44. The Bertz CT molecular complexity index is 588. The van der Waals surface area contributed by atoms with Crippen molar-refractivity contribution >= 4 is 15.9 Å². The number of halogens is 3. The lowest BCUT2D eigenvalue weighted by Crippen LogP contribution is -1.97. The minimum Gasteiger partial charge on any atom is -0.494 e. The van der Waals surface area contributed by atoms with Crippen molar-refractivity contribution in [3.8, 4) is 11.5 Å². The molecule has 2 nitrogen and oxygen atoms in total. The number of hydrogen-bond donors (Lipinski definition) is 0. The van der Waals surface area contributed by atoms with Crippen LogP contribution in [0.2, 0.25) is 0 Å². The van der Waals surface area contributed by atoms with Gasteiger partial charge in [0.15, 0.2) is 11.6 Å². The minimum atomic E-state index is -0.441. The first-order valence-electron chi connectivity index (χ1n) is 5.50. The quantitative estimate of drug-likeness (QED) is 0.832. The topological polar surface area (TPSA) is 18.5 Å². The van der Waals surface area contributed by atoms with Gasteiger partial charge in [-0.15, -0.1) is 0 Å². The zero-order valence-corrected chi connectivity index (χ0v) is 11.7. The van der Waals surface area contributed by atoms with Crippen LogP contribution < -0.4 is 9.47 Å². The van der Waals surface area contributed by atoms with E-state index in [4.69, 9.17) is 9.47 Å². The molecule has 2 aromatic rings. The second-order valence-electron chi connectivity index (χ2n) is 3.83. The summed E-state index contributed by atoms with van der Waals surface area (Å²) in [4.78, 5) is 0. The summed E-state index contributed by atoms with van der Waals surface area (Å²) in [5.41, 5.74) is 0.666. The third-order valence-electron chi connectivity index (χ3n) is 2.51. The van der Waals surface area contributed by atoms with E-state index < -0.39 is 5.82 Å². The second kappa shape index (κ2) is 6.02. The zero-order valence-electron chi connectivity index (χ0n) is 10.1. The van der Waals surface area contributed by atoms with Gasteiger partial charge >= 0.3 is 0 Å². The maximum absolute atomic E-state index is 13.5. The van der Waals surface area contributed by atoms with Crippen LogP contribution in [-0.4, -0.2) is 7.11 Å². The van der Waals surface area contributed by atoms with Gasteiger partial charge in [0, 0.05) is 0 Å². The van der Waals surface area contributed by atoms with Crippen LogP contribution in [-0.2, 0) is 6.61 Å². The molecule has 0 fully saturated rings. The van der Waals surface area contributed by atoms with Gasteiger partial charge in [-0.3, -0.25) is 0 Å². The van der Waals surface area contributed by atoms with E-state index in [2.05, 4.69) is 15.9 Å². The Morgan fingerprint density at radius 1 is 1.05 bits per heavy atom. The van der Waals surface area contributed by atoms with Crippen LogP contribution in [0.15, 0.2) is 40.9 Å². The lowest BCUT2D eigenvalue weighted by atomic mass is 10.2. The fraction of sp³-hybridized carbons (Fsp3) is 0.143. The van der Waals surface area contributed by atoms with Gasteiger partial charge < -0.3 is 9.47 Å². The van der Waals surface area contributed by atoms with Crippen LogP contribution in [0.25, 0.3) is 0 Å². The van der Waals surface area contributed by atoms with Crippen LogP contribution >= 0.6 is 15.9 Å². The van der Waals surface area contributed by atoms with Gasteiger partial charge in [-0.25, -0.2) is 8.78 Å². The fourth-order valence-electron chi connectivity index (χ4n) is 1.53. The Morgan fingerprint density at radius 2 is 1.84 bits per heavy atom. The van der Waals surface area contributed by atoms with Gasteiger partial charge in [0.05, 0.1) is 11.6 Å². The lowest BCUT2D eigenvalue weighted by molar-refractivity contribution is 0.304.